The number of hydrogen-bond donors (Lipinski definition) is 0. The van der Waals surface area contributed by atoms with Gasteiger partial charge in [-0.2, -0.15) is 0 Å². The molecule has 1 aromatic heterocycles. The first-order chi connectivity index (χ1) is 10.3. The van der Waals surface area contributed by atoms with Crippen LogP contribution >= 0.6 is 11.8 Å². The Bertz CT molecular complexity index is 354. The normalized spacial score (nSPS) is 12.7. The van der Waals surface area contributed by atoms with Crippen molar-refractivity contribution in [3.8, 4) is 0 Å². The van der Waals surface area contributed by atoms with Crippen LogP contribution in [0.15, 0.2) is 5.16 Å². The molecule has 0 aliphatic heterocycles. The summed E-state index contributed by atoms with van der Waals surface area (Å²) in [7, 11) is 1.90. The maximum absolute atomic E-state index is 4.00. The molecular formula is C16H32N4S. The lowest BCUT2D eigenvalue weighted by molar-refractivity contribution is 0.379. The van der Waals surface area contributed by atoms with Gasteiger partial charge in [0.05, 0.1) is 0 Å². The van der Waals surface area contributed by atoms with Crippen molar-refractivity contribution in [2.24, 2.45) is 13.0 Å². The van der Waals surface area contributed by atoms with E-state index in [0.29, 0.717) is 0 Å². The average molecular weight is 313 g/mol. The van der Waals surface area contributed by atoms with E-state index in [-0.39, 0.29) is 0 Å². The molecule has 1 heterocycles. The van der Waals surface area contributed by atoms with Crippen molar-refractivity contribution in [3.05, 3.63) is 0 Å². The molecular weight excluding hydrogens is 280 g/mol. The van der Waals surface area contributed by atoms with Crippen LogP contribution in [0.5, 0.6) is 0 Å². The van der Waals surface area contributed by atoms with Crippen LogP contribution in [0.25, 0.3) is 0 Å². The van der Waals surface area contributed by atoms with E-state index in [2.05, 4.69) is 29.4 Å². The first-order valence-corrected chi connectivity index (χ1v) is 9.61. The van der Waals surface area contributed by atoms with Crippen LogP contribution in [0.2, 0.25) is 0 Å². The number of unbranched alkanes of at least 4 members (excludes halogenated alkanes) is 4. The van der Waals surface area contributed by atoms with Gasteiger partial charge in [-0.05, 0) is 22.8 Å². The second-order valence-corrected chi connectivity index (χ2v) is 7.00. The Labute approximate surface area is 134 Å². The summed E-state index contributed by atoms with van der Waals surface area (Å²) in [5, 5.41) is 12.5. The summed E-state index contributed by atoms with van der Waals surface area (Å²) in [5.74, 6) is 2.09. The average Bonchev–Trinajstić information content (AvgIpc) is 2.89. The van der Waals surface area contributed by atoms with E-state index in [1.165, 1.54) is 64.2 Å². The topological polar surface area (TPSA) is 43.6 Å². The van der Waals surface area contributed by atoms with Gasteiger partial charge in [-0.25, -0.2) is 4.68 Å². The summed E-state index contributed by atoms with van der Waals surface area (Å²) >= 11 is 1.77. The third-order valence-electron chi connectivity index (χ3n) is 4.00. The van der Waals surface area contributed by atoms with Gasteiger partial charge in [-0.1, -0.05) is 83.4 Å². The zero-order chi connectivity index (χ0) is 15.3. The highest BCUT2D eigenvalue weighted by atomic mass is 32.2. The smallest absolute Gasteiger partial charge is 0.209 e. The van der Waals surface area contributed by atoms with Gasteiger partial charge in [0.1, 0.15) is 0 Å². The molecule has 1 unspecified atom stereocenters. The summed E-state index contributed by atoms with van der Waals surface area (Å²) in [6.45, 7) is 4.59. The molecule has 0 aliphatic carbocycles. The van der Waals surface area contributed by atoms with Crippen molar-refractivity contribution in [2.45, 2.75) is 83.2 Å². The third-order valence-corrected chi connectivity index (χ3v) is 5.10. The molecule has 1 atom stereocenters. The lowest BCUT2D eigenvalue weighted by Gasteiger charge is -2.16. The number of hydrogen-bond acceptors (Lipinski definition) is 4. The van der Waals surface area contributed by atoms with Crippen LogP contribution in [-0.4, -0.2) is 26.0 Å². The number of rotatable bonds is 13. The summed E-state index contributed by atoms with van der Waals surface area (Å²) in [6, 6.07) is 0. The molecule has 0 amide bonds. The number of thioether (sulfide) groups is 1. The van der Waals surface area contributed by atoms with Crippen molar-refractivity contribution in [2.75, 3.05) is 5.75 Å². The second-order valence-electron chi connectivity index (χ2n) is 5.93. The monoisotopic (exact) mass is 312 g/mol. The van der Waals surface area contributed by atoms with Gasteiger partial charge >= 0.3 is 0 Å². The fourth-order valence-corrected chi connectivity index (χ4v) is 3.50. The van der Waals surface area contributed by atoms with Gasteiger partial charge in [-0.15, -0.1) is 5.10 Å². The van der Waals surface area contributed by atoms with Gasteiger partial charge in [0.25, 0.3) is 0 Å². The van der Waals surface area contributed by atoms with Gasteiger partial charge in [-0.3, -0.25) is 0 Å². The third kappa shape index (κ3) is 8.44. The van der Waals surface area contributed by atoms with Crippen LogP contribution in [0, 0.1) is 5.92 Å². The van der Waals surface area contributed by atoms with E-state index in [4.69, 9.17) is 0 Å². The van der Waals surface area contributed by atoms with E-state index >= 15 is 0 Å². The maximum atomic E-state index is 4.00. The Hall–Kier alpha value is -0.580. The molecule has 0 fully saturated rings. The van der Waals surface area contributed by atoms with E-state index < -0.39 is 0 Å². The van der Waals surface area contributed by atoms with Gasteiger partial charge in [0.15, 0.2) is 0 Å². The molecule has 4 nitrogen and oxygen atoms in total. The summed E-state index contributed by atoms with van der Waals surface area (Å²) < 4.78 is 1.75. The van der Waals surface area contributed by atoms with Crippen molar-refractivity contribution >= 4 is 11.8 Å². The SMILES string of the molecule is CCCCCC(CCCC)CCCCSc1nnnn1C. The lowest BCUT2D eigenvalue weighted by Crippen LogP contribution is -2.01. The van der Waals surface area contributed by atoms with Gasteiger partial charge in [0, 0.05) is 12.8 Å². The van der Waals surface area contributed by atoms with E-state index in [1.807, 2.05) is 7.05 Å². The molecule has 5 heteroatoms. The first-order valence-electron chi connectivity index (χ1n) is 8.63. The Morgan fingerprint density at radius 1 is 0.952 bits per heavy atom. The lowest BCUT2D eigenvalue weighted by atomic mass is 9.91. The Balaban J connectivity index is 2.12. The minimum Gasteiger partial charge on any atom is -0.224 e. The molecule has 0 aliphatic rings. The minimum atomic E-state index is 0.931. The molecule has 0 bridgehead atoms. The molecule has 1 aromatic rings. The summed E-state index contributed by atoms with van der Waals surface area (Å²) in [5.41, 5.74) is 0. The molecule has 0 N–H and O–H groups in total. The molecule has 122 valence electrons. The van der Waals surface area contributed by atoms with E-state index in [1.54, 1.807) is 16.4 Å². The Morgan fingerprint density at radius 2 is 1.62 bits per heavy atom. The summed E-state index contributed by atoms with van der Waals surface area (Å²) in [4.78, 5) is 0. The first kappa shape index (κ1) is 18.5. The highest BCUT2D eigenvalue weighted by Crippen LogP contribution is 2.23. The molecule has 21 heavy (non-hydrogen) atoms. The van der Waals surface area contributed by atoms with E-state index in [0.717, 1.165) is 16.8 Å². The highest BCUT2D eigenvalue weighted by molar-refractivity contribution is 7.99. The van der Waals surface area contributed by atoms with E-state index in [9.17, 15) is 0 Å². The molecule has 1 rings (SSSR count). The zero-order valence-electron chi connectivity index (χ0n) is 14.1. The minimum absolute atomic E-state index is 0.931. The predicted octanol–water partition coefficient (Wildman–Crippen LogP) is 4.86. The number of nitrogens with zero attached hydrogens (tertiary/aromatic N) is 4. The number of tetrazole rings is 1. The van der Waals surface area contributed by atoms with Crippen molar-refractivity contribution in [3.63, 3.8) is 0 Å². The standard InChI is InChI=1S/C16H32N4S/c1-4-6-8-12-15(11-7-5-2)13-9-10-14-21-16-17-18-19-20(16)3/h15H,4-14H2,1-3H3. The molecule has 0 saturated carbocycles. The maximum Gasteiger partial charge on any atom is 0.209 e. The molecule has 0 radical (unpaired) electrons. The molecule has 0 spiro atoms. The number of aryl methyl sites for hydroxylation is 1. The van der Waals surface area contributed by atoms with Crippen molar-refractivity contribution < 1.29 is 0 Å². The quantitative estimate of drug-likeness (QED) is 0.385. The summed E-state index contributed by atoms with van der Waals surface area (Å²) in [6.07, 6.45) is 13.8. The van der Waals surface area contributed by atoms with Crippen LogP contribution in [0.1, 0.15) is 78.1 Å². The number of aromatic nitrogens is 4. The fourth-order valence-electron chi connectivity index (χ4n) is 2.65. The van der Waals surface area contributed by atoms with Gasteiger partial charge in [0.2, 0.25) is 5.16 Å². The van der Waals surface area contributed by atoms with Crippen molar-refractivity contribution in [1.82, 2.24) is 20.2 Å². The van der Waals surface area contributed by atoms with Crippen LogP contribution in [-0.2, 0) is 7.05 Å². The Morgan fingerprint density at radius 3 is 2.24 bits per heavy atom. The predicted molar refractivity (Wildman–Crippen MR) is 90.5 cm³/mol. The van der Waals surface area contributed by atoms with Crippen LogP contribution in [0.4, 0.5) is 0 Å². The zero-order valence-corrected chi connectivity index (χ0v) is 14.9. The molecule has 0 saturated heterocycles. The second kappa shape index (κ2) is 12.0. The Kier molecular flexibility index (Phi) is 10.6. The fraction of sp³-hybridized carbons (Fsp3) is 0.938. The van der Waals surface area contributed by atoms with Crippen molar-refractivity contribution in [1.29, 1.82) is 0 Å². The molecule has 0 aromatic carbocycles. The van der Waals surface area contributed by atoms with Crippen LogP contribution < -0.4 is 0 Å². The van der Waals surface area contributed by atoms with Gasteiger partial charge < -0.3 is 0 Å². The highest BCUT2D eigenvalue weighted by Gasteiger charge is 2.08. The largest absolute Gasteiger partial charge is 0.224 e. The van der Waals surface area contributed by atoms with Crippen LogP contribution in [0.3, 0.4) is 0 Å².